The van der Waals surface area contributed by atoms with Gasteiger partial charge in [0.25, 0.3) is 0 Å². The Morgan fingerprint density at radius 2 is 1.48 bits per heavy atom. The van der Waals surface area contributed by atoms with Crippen molar-refractivity contribution in [2.24, 2.45) is 11.8 Å². The van der Waals surface area contributed by atoms with Crippen molar-refractivity contribution in [1.29, 1.82) is 0 Å². The number of Topliss-reactive ketones (excluding diaryl/α,β-unsaturated/α-hetero) is 2. The van der Waals surface area contributed by atoms with Crippen LogP contribution in [0.3, 0.4) is 0 Å². The number of amides is 9. The zero-order valence-corrected chi connectivity index (χ0v) is 66.7. The van der Waals surface area contributed by atoms with Gasteiger partial charge in [-0.2, -0.15) is 0 Å². The number of ketones is 2. The van der Waals surface area contributed by atoms with Crippen LogP contribution in [0.15, 0.2) is 103 Å². The van der Waals surface area contributed by atoms with Gasteiger partial charge in [-0.25, -0.2) is 4.39 Å². The second-order valence-corrected chi connectivity index (χ2v) is 32.1. The van der Waals surface area contributed by atoms with Gasteiger partial charge in [0.1, 0.15) is 54.1 Å². The molecule has 0 aliphatic carbocycles. The normalized spacial score (nSPS) is 23.8. The number of aliphatic hydroxyl groups excluding tert-OH is 1. The SMILES string of the molecule is COc1ccc(C[C@@H]2NC(=O)[C@H]([C@@H](C)O)CC(=O)[C@@H]3[C@@H]4CCN3C(=O)[C@H]3CC(=O)[C@H](Cc5cccc(c5)CNC(=O)CO4)NC(=O)[C@@H](CNC(=O)CCOCCOCC[N+](C)(C)C)NC(=O)CCCCCC(=O)N(CCn4cc(nn4)Cn4cc(c5cc(F)ccc54)C3)Cc3ccc(cc3)CCNC(=O)[C@]3(C)CCCN3C2=O)cc1. The number of carbonyl (C=O) groups is 11. The third kappa shape index (κ3) is 23.5. The molecule has 0 saturated carbocycles. The summed E-state index contributed by atoms with van der Waals surface area (Å²) in [6.45, 7) is 4.58. The molecule has 7 N–H and O–H groups in total. The fraction of sp³-hybridized carbons (Fsp3) is 0.536. The molecule has 0 unspecified atom stereocenters. The number of rotatable bonds is 15. The topological polar surface area (TPSA) is 362 Å². The maximum Gasteiger partial charge on any atom is 0.246 e. The van der Waals surface area contributed by atoms with Crippen molar-refractivity contribution in [3.63, 3.8) is 0 Å². The van der Waals surface area contributed by atoms with Crippen molar-refractivity contribution >= 4 is 75.6 Å². The Bertz CT molecular complexity index is 4450. The van der Waals surface area contributed by atoms with E-state index >= 15 is 33.2 Å². The molecule has 0 radical (unpaired) electrons. The van der Waals surface area contributed by atoms with Gasteiger partial charge < -0.3 is 79.7 Å². The van der Waals surface area contributed by atoms with Crippen LogP contribution >= 0.6 is 0 Å². The van der Waals surface area contributed by atoms with Crippen LogP contribution < -0.4 is 36.6 Å². The number of hydrogen-bond acceptors (Lipinski definition) is 18. The summed E-state index contributed by atoms with van der Waals surface area (Å²) in [5.74, 6) is -10.0. The first-order chi connectivity index (χ1) is 55.2. The van der Waals surface area contributed by atoms with E-state index in [9.17, 15) is 29.1 Å². The number of halogens is 1. The van der Waals surface area contributed by atoms with E-state index in [1.807, 2.05) is 28.8 Å². The second kappa shape index (κ2) is 39.8. The predicted molar refractivity (Wildman–Crippen MR) is 420 cm³/mol. The molecule has 9 amide bonds. The van der Waals surface area contributed by atoms with E-state index in [0.29, 0.717) is 94.4 Å². The van der Waals surface area contributed by atoms with Gasteiger partial charge in [-0.15, -0.1) is 5.10 Å². The maximum atomic E-state index is 16.4. The Morgan fingerprint density at radius 3 is 2.24 bits per heavy atom. The van der Waals surface area contributed by atoms with Crippen LogP contribution in [0.25, 0.3) is 10.9 Å². The number of aromatic nitrogens is 4. The van der Waals surface area contributed by atoms with Crippen molar-refractivity contribution in [3.05, 3.63) is 148 Å². The zero-order valence-electron chi connectivity index (χ0n) is 66.7. The van der Waals surface area contributed by atoms with Crippen LogP contribution in [-0.2, 0) is 119 Å². The number of benzene rings is 4. The van der Waals surface area contributed by atoms with Gasteiger partial charge in [0.05, 0.1) is 98.1 Å². The first kappa shape index (κ1) is 85.5. The van der Waals surface area contributed by atoms with Gasteiger partial charge in [-0.1, -0.05) is 72.3 Å². The average Bonchev–Trinajstić information content (AvgIpc) is 1.67. The highest BCUT2D eigenvalue weighted by Gasteiger charge is 2.50. The number of fused-ring (bicyclic) bond motifs is 16. The minimum atomic E-state index is -1.60. The van der Waals surface area contributed by atoms with Crippen LogP contribution in [0.5, 0.6) is 5.75 Å². The van der Waals surface area contributed by atoms with E-state index in [0.717, 1.165) is 17.7 Å². The molecule has 0 spiro atoms. The fourth-order valence-electron chi connectivity index (χ4n) is 15.7. The van der Waals surface area contributed by atoms with Crippen LogP contribution in [-0.4, -0.2) is 251 Å². The molecule has 618 valence electrons. The number of ether oxygens (including phenoxy) is 4. The Labute approximate surface area is 669 Å². The number of hydrogen-bond donors (Lipinski definition) is 7. The lowest BCUT2D eigenvalue weighted by atomic mass is 9.87. The molecule has 2 fully saturated rings. The van der Waals surface area contributed by atoms with Gasteiger partial charge in [-0.05, 0) is 129 Å². The molecule has 14 bridgehead atoms. The fourth-order valence-corrected chi connectivity index (χ4v) is 15.7. The predicted octanol–water partition coefficient (Wildman–Crippen LogP) is 3.35. The molecule has 6 aliphatic rings. The van der Waals surface area contributed by atoms with E-state index in [1.165, 1.54) is 36.0 Å². The molecule has 31 heteroatoms. The quantitative estimate of drug-likeness (QED) is 0.0572. The number of likely N-dealkylation sites (N-methyl/N-ethyl adjacent to an activating group) is 1. The summed E-state index contributed by atoms with van der Waals surface area (Å²) in [6, 6.07) is 19.7. The molecular formula is C84H110FN14O16+. The minimum Gasteiger partial charge on any atom is -0.497 e. The molecule has 2 aromatic heterocycles. The monoisotopic (exact) mass is 1590 g/mol. The largest absolute Gasteiger partial charge is 0.497 e. The summed E-state index contributed by atoms with van der Waals surface area (Å²) < 4.78 is 43.3. The molecular weight excluding hydrogens is 1480 g/mol. The highest BCUT2D eigenvalue weighted by molar-refractivity contribution is 5.99. The van der Waals surface area contributed by atoms with Gasteiger partial charge >= 0.3 is 0 Å². The summed E-state index contributed by atoms with van der Waals surface area (Å²) in [5, 5.41) is 38.4. The molecule has 12 rings (SSSR count). The zero-order chi connectivity index (χ0) is 81.9. The molecule has 30 nitrogen and oxygen atoms in total. The Kier molecular flexibility index (Phi) is 29.6. The smallest absolute Gasteiger partial charge is 0.246 e. The van der Waals surface area contributed by atoms with E-state index in [4.69, 9.17) is 18.9 Å². The lowest BCUT2D eigenvalue weighted by Crippen LogP contribution is -2.60. The molecule has 6 aliphatic heterocycles. The van der Waals surface area contributed by atoms with Gasteiger partial charge in [0, 0.05) is 107 Å². The Balaban J connectivity index is 0.997. The Morgan fingerprint density at radius 1 is 0.722 bits per heavy atom. The number of nitrogens with one attached hydrogen (secondary N) is 6. The van der Waals surface area contributed by atoms with E-state index in [2.05, 4.69) is 63.4 Å². The molecule has 9 atom stereocenters. The maximum absolute atomic E-state index is 16.4. The summed E-state index contributed by atoms with van der Waals surface area (Å²) in [5.41, 5.74) is 3.36. The second-order valence-electron chi connectivity index (χ2n) is 32.1. The summed E-state index contributed by atoms with van der Waals surface area (Å²) in [6.07, 6.45) is 0.782. The van der Waals surface area contributed by atoms with Gasteiger partial charge in [0.15, 0.2) is 11.6 Å². The van der Waals surface area contributed by atoms with Crippen LogP contribution in [0.4, 0.5) is 4.39 Å². The lowest BCUT2D eigenvalue weighted by Gasteiger charge is -2.37. The number of nitrogens with zero attached hydrogens (tertiary/aromatic N) is 8. The van der Waals surface area contributed by atoms with Crippen molar-refractivity contribution in [1.82, 2.24) is 66.2 Å². The van der Waals surface area contributed by atoms with Gasteiger partial charge in [-0.3, -0.25) is 57.4 Å². The highest BCUT2D eigenvalue weighted by atomic mass is 19.1. The third-order valence-corrected chi connectivity index (χ3v) is 22.3. The summed E-state index contributed by atoms with van der Waals surface area (Å²) >= 11 is 0. The van der Waals surface area contributed by atoms with E-state index in [-0.39, 0.29) is 123 Å². The molecule has 6 aromatic rings. The summed E-state index contributed by atoms with van der Waals surface area (Å²) in [4.78, 5) is 169. The molecule has 115 heavy (non-hydrogen) atoms. The van der Waals surface area contributed by atoms with Crippen LogP contribution in [0.1, 0.15) is 124 Å². The Hall–Kier alpha value is -10.3. The highest BCUT2D eigenvalue weighted by Crippen LogP contribution is 2.35. The third-order valence-electron chi connectivity index (χ3n) is 22.3. The van der Waals surface area contributed by atoms with Crippen LogP contribution in [0, 0.1) is 17.7 Å². The molecule has 8 heterocycles. The van der Waals surface area contributed by atoms with Crippen molar-refractivity contribution in [3.8, 4) is 5.75 Å². The van der Waals surface area contributed by atoms with Crippen molar-refractivity contribution in [2.45, 2.75) is 178 Å². The van der Waals surface area contributed by atoms with Gasteiger partial charge in [0.2, 0.25) is 53.2 Å². The molecule has 2 saturated heterocycles. The number of methoxy groups -OCH3 is 1. The van der Waals surface area contributed by atoms with E-state index < -0.39 is 144 Å². The van der Waals surface area contributed by atoms with Crippen molar-refractivity contribution in [2.75, 3.05) is 101 Å². The summed E-state index contributed by atoms with van der Waals surface area (Å²) in [7, 11) is 7.66. The average molecular weight is 1590 g/mol. The number of aliphatic hydroxyl groups is 1. The first-order valence-corrected chi connectivity index (χ1v) is 40.0. The number of carbonyl (C=O) groups excluding carboxylic acids is 11. The minimum absolute atomic E-state index is 0.00923. The van der Waals surface area contributed by atoms with Crippen LogP contribution in [0.2, 0.25) is 0 Å². The van der Waals surface area contributed by atoms with E-state index in [1.54, 1.807) is 83.5 Å². The van der Waals surface area contributed by atoms with Crippen molar-refractivity contribution < 1.29 is 85.7 Å². The first-order valence-electron chi connectivity index (χ1n) is 40.0. The molecule has 4 aromatic carbocycles. The lowest BCUT2D eigenvalue weighted by molar-refractivity contribution is -0.870. The standard InChI is InChI=1S/C84H109FN14O16/c1-54(100)65-46-72(102)78-73-27-32-97(78)81(109)60-43-61-50-95(70-25-22-62(85)45-66(61)70)51-63-52-96(93-92-63)34-33-94(49-57-18-16-55(17-19-57)26-30-86-83(111)84(2)29-11-31-98(84)82(110)68(91-79(65)107)41-56-20-23-64(112-6)24-21-56)77(106)15-9-7-8-14-75(104)89-69(48-88-74(103)28-36-113-38-39-114-37-35-99(3,4)5)80(108)90-67(71(101)44-60)42-58-12-10-13-59(40-58)47-87-76(105)53-115-73/h10,12-13,16-25,40,45,50,52,54,60,65,67-69,73,78,100H,7-9,11,14-15,26-39,41-44,46-49,51,53H2,1-6H3,(H5-,86,87,88,89,90,91,103,104,105,107,108,111)/p+1/t54-,60-,65+,67+,68+,69-,73+,78-,84+/m1/s1. The number of quaternary nitrogens is 1.